The van der Waals surface area contributed by atoms with E-state index in [2.05, 4.69) is 6.92 Å². The molecular formula is C25H32O8Si. The van der Waals surface area contributed by atoms with Crippen molar-refractivity contribution in [1.29, 1.82) is 0 Å². The topological polar surface area (TPSA) is 97.4 Å². The lowest BCUT2D eigenvalue weighted by atomic mass is 10.0. The molecule has 184 valence electrons. The molecule has 0 unspecified atom stereocenters. The first-order valence-corrected chi connectivity index (χ1v) is 13.2. The second-order valence-corrected chi connectivity index (χ2v) is 10.1. The van der Waals surface area contributed by atoms with Crippen molar-refractivity contribution in [2.75, 3.05) is 13.2 Å². The molecule has 0 aliphatic rings. The second-order valence-electron chi connectivity index (χ2n) is 7.62. The van der Waals surface area contributed by atoms with Crippen molar-refractivity contribution in [1.82, 2.24) is 0 Å². The van der Waals surface area contributed by atoms with Crippen LogP contribution in [0.25, 0.3) is 11.1 Å². The third kappa shape index (κ3) is 8.55. The zero-order valence-electron chi connectivity index (χ0n) is 20.1. The Bertz CT molecular complexity index is 920. The summed E-state index contributed by atoms with van der Waals surface area (Å²) in [4.78, 5) is 34.9. The minimum absolute atomic E-state index is 0.0330. The van der Waals surface area contributed by atoms with Crippen molar-refractivity contribution in [3.8, 4) is 22.6 Å². The van der Waals surface area contributed by atoms with E-state index in [1.54, 1.807) is 0 Å². The van der Waals surface area contributed by atoms with Gasteiger partial charge in [-0.25, -0.2) is 0 Å². The molecule has 0 atom stereocenters. The highest BCUT2D eigenvalue weighted by atomic mass is 28.4. The summed E-state index contributed by atoms with van der Waals surface area (Å²) in [5.41, 5.74) is 1.85. The van der Waals surface area contributed by atoms with Crippen molar-refractivity contribution in [3.05, 3.63) is 48.5 Å². The maximum atomic E-state index is 11.6. The molecule has 0 radical (unpaired) electrons. The number of unbranched alkanes of at least 4 members (excludes halogenated alkanes) is 1. The zero-order valence-corrected chi connectivity index (χ0v) is 21.1. The van der Waals surface area contributed by atoms with Crippen molar-refractivity contribution in [2.45, 2.75) is 53.0 Å². The Kier molecular flexibility index (Phi) is 10.6. The molecule has 0 saturated heterocycles. The van der Waals surface area contributed by atoms with E-state index in [1.165, 1.54) is 20.8 Å². The number of hydrogen-bond acceptors (Lipinski definition) is 8. The lowest BCUT2D eigenvalue weighted by molar-refractivity contribution is -0.147. The van der Waals surface area contributed by atoms with Crippen LogP contribution in [0.15, 0.2) is 48.5 Å². The van der Waals surface area contributed by atoms with Crippen LogP contribution in [0.2, 0.25) is 6.04 Å². The summed E-state index contributed by atoms with van der Waals surface area (Å²) in [6.07, 6.45) is 2.22. The molecule has 0 bridgehead atoms. The predicted molar refractivity (Wildman–Crippen MR) is 128 cm³/mol. The van der Waals surface area contributed by atoms with Crippen LogP contribution in [-0.2, 0) is 27.7 Å². The van der Waals surface area contributed by atoms with Crippen LogP contribution in [0.1, 0.15) is 47.0 Å². The second kappa shape index (κ2) is 13.4. The molecule has 8 nitrogen and oxygen atoms in total. The van der Waals surface area contributed by atoms with E-state index in [-0.39, 0.29) is 12.7 Å². The number of carbonyl (C=O) groups is 3. The van der Waals surface area contributed by atoms with Gasteiger partial charge in [0.25, 0.3) is 17.9 Å². The van der Waals surface area contributed by atoms with Gasteiger partial charge in [-0.05, 0) is 24.5 Å². The molecule has 0 aliphatic carbocycles. The van der Waals surface area contributed by atoms with E-state index in [0.717, 1.165) is 24.0 Å². The fourth-order valence-electron chi connectivity index (χ4n) is 3.29. The number of benzene rings is 2. The summed E-state index contributed by atoms with van der Waals surface area (Å²) < 4.78 is 27.8. The van der Waals surface area contributed by atoms with Gasteiger partial charge in [-0.2, -0.15) is 0 Å². The van der Waals surface area contributed by atoms with Crippen LogP contribution >= 0.6 is 0 Å². The van der Waals surface area contributed by atoms with E-state index in [4.69, 9.17) is 22.8 Å². The van der Waals surface area contributed by atoms with Gasteiger partial charge in [-0.3, -0.25) is 14.4 Å². The van der Waals surface area contributed by atoms with Gasteiger partial charge in [0, 0.05) is 26.3 Å². The average Bonchev–Trinajstić information content (AvgIpc) is 2.76. The molecule has 2 aromatic rings. The molecule has 0 saturated carbocycles. The maximum absolute atomic E-state index is 11.6. The van der Waals surface area contributed by atoms with Gasteiger partial charge < -0.3 is 22.8 Å². The van der Waals surface area contributed by atoms with Crippen molar-refractivity contribution in [3.63, 3.8) is 0 Å². The first kappa shape index (κ1) is 26.9. The van der Waals surface area contributed by atoms with Crippen LogP contribution in [0.3, 0.4) is 0 Å². The molecule has 0 aliphatic heterocycles. The molecule has 0 amide bonds. The molecule has 0 fully saturated rings. The van der Waals surface area contributed by atoms with E-state index in [9.17, 15) is 14.4 Å². The highest BCUT2D eigenvalue weighted by Crippen LogP contribution is 2.38. The van der Waals surface area contributed by atoms with E-state index in [1.807, 2.05) is 48.5 Å². The minimum Gasteiger partial charge on any atom is -0.490 e. The van der Waals surface area contributed by atoms with Gasteiger partial charge in [-0.15, -0.1) is 0 Å². The summed E-state index contributed by atoms with van der Waals surface area (Å²) >= 11 is 0. The van der Waals surface area contributed by atoms with Crippen molar-refractivity contribution >= 4 is 26.7 Å². The summed E-state index contributed by atoms with van der Waals surface area (Å²) in [6, 6.07) is 15.6. The van der Waals surface area contributed by atoms with Gasteiger partial charge in [0.05, 0.1) is 19.3 Å². The van der Waals surface area contributed by atoms with Crippen LogP contribution in [0.5, 0.6) is 11.5 Å². The summed E-state index contributed by atoms with van der Waals surface area (Å²) in [6.45, 7) is 6.34. The van der Waals surface area contributed by atoms with Crippen LogP contribution in [0, 0.1) is 0 Å². The molecule has 0 aromatic heterocycles. The molecule has 2 aromatic carbocycles. The largest absolute Gasteiger partial charge is 0.705 e. The molecule has 0 heterocycles. The highest BCUT2D eigenvalue weighted by molar-refractivity contribution is 6.65. The zero-order chi connectivity index (χ0) is 25.0. The Hall–Kier alpha value is -3.33. The van der Waals surface area contributed by atoms with Crippen LogP contribution in [0.4, 0.5) is 0 Å². The van der Waals surface area contributed by atoms with Crippen molar-refractivity contribution in [2.24, 2.45) is 0 Å². The predicted octanol–water partition coefficient (Wildman–Crippen LogP) is 4.93. The maximum Gasteiger partial charge on any atom is 0.705 e. The van der Waals surface area contributed by atoms with Crippen molar-refractivity contribution < 1.29 is 37.1 Å². The Morgan fingerprint density at radius 3 is 1.88 bits per heavy atom. The first-order valence-electron chi connectivity index (χ1n) is 11.3. The average molecular weight is 489 g/mol. The molecule has 2 rings (SSSR count). The Labute approximate surface area is 201 Å². The molecule has 34 heavy (non-hydrogen) atoms. The van der Waals surface area contributed by atoms with Gasteiger partial charge in [0.1, 0.15) is 0 Å². The number of para-hydroxylation sites is 1. The van der Waals surface area contributed by atoms with Gasteiger partial charge >= 0.3 is 8.80 Å². The molecule has 9 heteroatoms. The van der Waals surface area contributed by atoms with Gasteiger partial charge in [0.15, 0.2) is 11.5 Å². The summed E-state index contributed by atoms with van der Waals surface area (Å²) in [5, 5.41) is 0. The smallest absolute Gasteiger partial charge is 0.490 e. The third-order valence-corrected chi connectivity index (χ3v) is 7.35. The Balaban J connectivity index is 2.22. The SMILES string of the molecule is CCCCOc1cccc(-c2ccccc2)c1OCCC[Si](OC(C)=O)(OC(C)=O)OC(C)=O. The summed E-state index contributed by atoms with van der Waals surface area (Å²) in [7, 11) is -3.90. The lowest BCUT2D eigenvalue weighted by Gasteiger charge is -2.26. The molecule has 0 spiro atoms. The van der Waals surface area contributed by atoms with E-state index < -0.39 is 26.7 Å². The quantitative estimate of drug-likeness (QED) is 0.289. The number of rotatable bonds is 13. The van der Waals surface area contributed by atoms with Crippen LogP contribution in [-0.4, -0.2) is 39.9 Å². The van der Waals surface area contributed by atoms with Gasteiger partial charge in [-0.1, -0.05) is 55.8 Å². The number of hydrogen-bond donors (Lipinski definition) is 0. The standard InChI is InChI=1S/C25H32O8Si/c1-5-6-16-29-24-15-10-14-23(22-12-8-7-9-13-22)25(24)30-17-11-18-34(31-19(2)26,32-20(3)27)33-21(4)28/h7-10,12-15H,5-6,11,16-18H2,1-4H3. The van der Waals surface area contributed by atoms with Crippen LogP contribution < -0.4 is 9.47 Å². The Morgan fingerprint density at radius 1 is 0.735 bits per heavy atom. The first-order chi connectivity index (χ1) is 16.3. The monoisotopic (exact) mass is 488 g/mol. The number of ether oxygens (including phenoxy) is 2. The third-order valence-electron chi connectivity index (χ3n) is 4.59. The fraction of sp³-hybridized carbons (Fsp3) is 0.400. The lowest BCUT2D eigenvalue weighted by Crippen LogP contribution is -2.49. The normalized spacial score (nSPS) is 10.8. The summed E-state index contributed by atoms with van der Waals surface area (Å²) in [5.74, 6) is -0.883. The number of carbonyl (C=O) groups excluding carboxylic acids is 3. The molecular weight excluding hydrogens is 456 g/mol. The minimum atomic E-state index is -3.90. The Morgan fingerprint density at radius 2 is 1.32 bits per heavy atom. The fourth-order valence-corrected chi connectivity index (χ4v) is 5.61. The molecule has 0 N–H and O–H groups in total. The highest BCUT2D eigenvalue weighted by Gasteiger charge is 2.51. The van der Waals surface area contributed by atoms with E-state index >= 15 is 0 Å². The van der Waals surface area contributed by atoms with E-state index in [0.29, 0.717) is 24.5 Å². The van der Waals surface area contributed by atoms with Gasteiger partial charge in [0.2, 0.25) is 0 Å².